The van der Waals surface area contributed by atoms with Crippen LogP contribution in [0.5, 0.6) is 5.75 Å². The number of imidazole rings is 1. The Morgan fingerprint density at radius 2 is 1.83 bits per heavy atom. The largest absolute Gasteiger partial charge is 0.492 e. The Balaban J connectivity index is 1.13. The Labute approximate surface area is 243 Å². The third kappa shape index (κ3) is 5.83. The molecule has 4 heterocycles. The molecule has 216 valence electrons. The van der Waals surface area contributed by atoms with E-state index in [1.54, 1.807) is 28.9 Å². The highest BCUT2D eigenvalue weighted by Crippen LogP contribution is 2.25. The molecule has 0 saturated carbocycles. The van der Waals surface area contributed by atoms with Crippen LogP contribution in [0.2, 0.25) is 0 Å². The van der Waals surface area contributed by atoms with Gasteiger partial charge in [0.15, 0.2) is 0 Å². The number of nitrogens with one attached hydrogen (secondary N) is 1. The van der Waals surface area contributed by atoms with Crippen LogP contribution in [0.1, 0.15) is 26.4 Å². The van der Waals surface area contributed by atoms with Crippen molar-refractivity contribution in [2.75, 3.05) is 58.8 Å². The van der Waals surface area contributed by atoms with Crippen molar-refractivity contribution in [3.8, 4) is 5.75 Å². The molecule has 11 heteroatoms. The maximum Gasteiger partial charge on any atom is 0.337 e. The minimum Gasteiger partial charge on any atom is -0.492 e. The number of ether oxygens (including phenoxy) is 2. The second-order valence-corrected chi connectivity index (χ2v) is 10.4. The number of methoxy groups -OCH3 is 1. The van der Waals surface area contributed by atoms with Crippen LogP contribution in [-0.4, -0.2) is 94.3 Å². The first kappa shape index (κ1) is 27.4. The molecule has 0 spiro atoms. The standard InChI is InChI=1S/C31H33N7O4/c1-35-11-13-36(14-12-35)15-16-42-24-9-10-37-28(20-32-29(37)18-24)30(39)34-26-7-4-8-27-25(26)19-33-38(27)21-22-5-3-6-23(17-22)31(40)41-2/h3-10,17-20H,11-16,21H2,1-2H3,(H,34,39). The molecule has 6 rings (SSSR count). The lowest BCUT2D eigenvalue weighted by atomic mass is 10.1. The number of amides is 1. The second kappa shape index (κ2) is 12.0. The number of anilines is 1. The molecule has 11 nitrogen and oxygen atoms in total. The van der Waals surface area contributed by atoms with Crippen molar-refractivity contribution in [2.24, 2.45) is 0 Å². The summed E-state index contributed by atoms with van der Waals surface area (Å²) in [7, 11) is 3.51. The number of hydrogen-bond acceptors (Lipinski definition) is 8. The molecule has 1 fully saturated rings. The average molecular weight is 568 g/mol. The minimum absolute atomic E-state index is 0.280. The topological polar surface area (TPSA) is 106 Å². The normalized spacial score (nSPS) is 14.3. The maximum absolute atomic E-state index is 13.3. The van der Waals surface area contributed by atoms with Gasteiger partial charge in [0.05, 0.1) is 42.8 Å². The quantitative estimate of drug-likeness (QED) is 0.270. The number of likely N-dealkylation sites (N-methyl/N-ethyl adjacent to an activating group) is 1. The van der Waals surface area contributed by atoms with Crippen LogP contribution >= 0.6 is 0 Å². The second-order valence-electron chi connectivity index (χ2n) is 10.4. The molecule has 0 atom stereocenters. The van der Waals surface area contributed by atoms with Gasteiger partial charge in [-0.2, -0.15) is 5.10 Å². The number of esters is 1. The monoisotopic (exact) mass is 567 g/mol. The van der Waals surface area contributed by atoms with Gasteiger partial charge in [-0.15, -0.1) is 0 Å². The highest BCUT2D eigenvalue weighted by atomic mass is 16.5. The van der Waals surface area contributed by atoms with Crippen LogP contribution in [0.4, 0.5) is 5.69 Å². The highest BCUT2D eigenvalue weighted by molar-refractivity contribution is 6.08. The van der Waals surface area contributed by atoms with Crippen LogP contribution in [0.15, 0.2) is 73.2 Å². The molecule has 3 aromatic heterocycles. The molecule has 1 aliphatic heterocycles. The Kier molecular flexibility index (Phi) is 7.85. The Morgan fingerprint density at radius 1 is 1.00 bits per heavy atom. The molecule has 2 aromatic carbocycles. The molecule has 0 unspecified atom stereocenters. The van der Waals surface area contributed by atoms with E-state index in [1.165, 1.54) is 7.11 Å². The molecule has 42 heavy (non-hydrogen) atoms. The van der Waals surface area contributed by atoms with Gasteiger partial charge in [-0.1, -0.05) is 18.2 Å². The maximum atomic E-state index is 13.3. The first-order valence-corrected chi connectivity index (χ1v) is 13.9. The summed E-state index contributed by atoms with van der Waals surface area (Å²) < 4.78 is 14.4. The molecule has 1 N–H and O–H groups in total. The van der Waals surface area contributed by atoms with Gasteiger partial charge in [-0.3, -0.25) is 18.8 Å². The Hall–Kier alpha value is -4.74. The van der Waals surface area contributed by atoms with E-state index >= 15 is 0 Å². The first-order chi connectivity index (χ1) is 20.5. The van der Waals surface area contributed by atoms with Gasteiger partial charge >= 0.3 is 5.97 Å². The van der Waals surface area contributed by atoms with E-state index in [1.807, 2.05) is 53.3 Å². The fraction of sp³-hybridized carbons (Fsp3) is 0.290. The number of carbonyl (C=O) groups is 2. The zero-order valence-electron chi connectivity index (χ0n) is 23.7. The number of piperazine rings is 1. The van der Waals surface area contributed by atoms with Crippen molar-refractivity contribution >= 4 is 34.1 Å². The minimum atomic E-state index is -0.385. The first-order valence-electron chi connectivity index (χ1n) is 13.9. The van der Waals surface area contributed by atoms with Crippen LogP contribution < -0.4 is 10.1 Å². The van der Waals surface area contributed by atoms with Crippen LogP contribution in [0.3, 0.4) is 0 Å². The Morgan fingerprint density at radius 3 is 2.67 bits per heavy atom. The number of benzene rings is 2. The van der Waals surface area contributed by atoms with Crippen LogP contribution in [0, 0.1) is 0 Å². The lowest BCUT2D eigenvalue weighted by molar-refractivity contribution is 0.0600. The van der Waals surface area contributed by atoms with Gasteiger partial charge in [-0.05, 0) is 42.9 Å². The summed E-state index contributed by atoms with van der Waals surface area (Å²) in [6, 6.07) is 16.6. The van der Waals surface area contributed by atoms with E-state index in [9.17, 15) is 9.59 Å². The van der Waals surface area contributed by atoms with Gasteiger partial charge in [0, 0.05) is 50.4 Å². The van der Waals surface area contributed by atoms with E-state index in [-0.39, 0.29) is 11.9 Å². The number of carbonyl (C=O) groups excluding carboxylic acids is 2. The van der Waals surface area contributed by atoms with Gasteiger partial charge < -0.3 is 19.7 Å². The molecule has 1 saturated heterocycles. The van der Waals surface area contributed by atoms with Crippen LogP contribution in [0.25, 0.3) is 16.6 Å². The number of aromatic nitrogens is 4. The van der Waals surface area contributed by atoms with Gasteiger partial charge in [-0.25, -0.2) is 9.78 Å². The fourth-order valence-electron chi connectivity index (χ4n) is 5.20. The molecule has 0 radical (unpaired) electrons. The van der Waals surface area contributed by atoms with Crippen LogP contribution in [-0.2, 0) is 11.3 Å². The number of fused-ring (bicyclic) bond motifs is 2. The van der Waals surface area contributed by atoms with Gasteiger partial charge in [0.1, 0.15) is 23.7 Å². The van der Waals surface area contributed by atoms with E-state index in [0.29, 0.717) is 35.7 Å². The van der Waals surface area contributed by atoms with Crippen molar-refractivity contribution in [3.05, 3.63) is 90.0 Å². The number of rotatable bonds is 9. The number of nitrogens with zero attached hydrogens (tertiary/aromatic N) is 6. The van der Waals surface area contributed by atoms with Crippen molar-refractivity contribution in [2.45, 2.75) is 6.54 Å². The number of hydrogen-bond donors (Lipinski definition) is 1. The molecule has 5 aromatic rings. The Bertz CT molecular complexity index is 1740. The summed E-state index contributed by atoms with van der Waals surface area (Å²) in [6.07, 6.45) is 5.11. The lowest BCUT2D eigenvalue weighted by Gasteiger charge is -2.32. The molecule has 1 amide bonds. The summed E-state index contributed by atoms with van der Waals surface area (Å²) in [5.74, 6) is 0.0604. The summed E-state index contributed by atoms with van der Waals surface area (Å²) in [5, 5.41) is 8.37. The van der Waals surface area contributed by atoms with E-state index in [0.717, 1.165) is 54.9 Å². The summed E-state index contributed by atoms with van der Waals surface area (Å²) >= 11 is 0. The van der Waals surface area contributed by atoms with Crippen molar-refractivity contribution < 1.29 is 19.1 Å². The lowest BCUT2D eigenvalue weighted by Crippen LogP contribution is -2.45. The third-order valence-corrected chi connectivity index (χ3v) is 7.61. The zero-order chi connectivity index (χ0) is 29.1. The van der Waals surface area contributed by atoms with Gasteiger partial charge in [0.25, 0.3) is 5.91 Å². The van der Waals surface area contributed by atoms with E-state index in [4.69, 9.17) is 9.47 Å². The van der Waals surface area contributed by atoms with Crippen molar-refractivity contribution in [3.63, 3.8) is 0 Å². The van der Waals surface area contributed by atoms with Crippen molar-refractivity contribution in [1.29, 1.82) is 0 Å². The molecular formula is C31H33N7O4. The number of pyridine rings is 1. The average Bonchev–Trinajstić information content (AvgIpc) is 3.62. The summed E-state index contributed by atoms with van der Waals surface area (Å²) in [6.45, 7) is 6.20. The summed E-state index contributed by atoms with van der Waals surface area (Å²) in [5.41, 5.74) is 3.94. The molecule has 1 aliphatic rings. The highest BCUT2D eigenvalue weighted by Gasteiger charge is 2.17. The van der Waals surface area contributed by atoms with Gasteiger partial charge in [0.2, 0.25) is 0 Å². The molecular weight excluding hydrogens is 534 g/mol. The zero-order valence-corrected chi connectivity index (χ0v) is 23.7. The van der Waals surface area contributed by atoms with E-state index in [2.05, 4.69) is 32.2 Å². The molecule has 0 bridgehead atoms. The summed E-state index contributed by atoms with van der Waals surface area (Å²) in [4.78, 5) is 34.4. The predicted octanol–water partition coefficient (Wildman–Crippen LogP) is 3.40. The fourth-order valence-corrected chi connectivity index (χ4v) is 5.20. The van der Waals surface area contributed by atoms with Crippen molar-refractivity contribution in [1.82, 2.24) is 29.0 Å². The predicted molar refractivity (Wildman–Crippen MR) is 159 cm³/mol. The molecule has 0 aliphatic carbocycles. The third-order valence-electron chi connectivity index (χ3n) is 7.61. The smallest absolute Gasteiger partial charge is 0.337 e. The SMILES string of the molecule is COC(=O)c1cccc(Cn2ncc3c(NC(=O)c4cnc5cc(OCCN6CCN(C)CC6)ccn45)cccc32)c1. The van der Waals surface area contributed by atoms with E-state index < -0.39 is 0 Å².